The number of rotatable bonds is 0. The van der Waals surface area contributed by atoms with Crippen LogP contribution < -0.4 is 5.73 Å². The van der Waals surface area contributed by atoms with Crippen LogP contribution in [-0.2, 0) is 0 Å². The summed E-state index contributed by atoms with van der Waals surface area (Å²) in [6.45, 7) is 4.00. The Morgan fingerprint density at radius 2 is 1.47 bits per heavy atom. The standard InChI is InChI=1S/C14H11NO2.C2H6/c15-8-5-6-11-12(7-8)14(17)10-4-2-1-3-9(10)13(11)16;1-2/h1-7,11-12H,15H2;1-2H3. The minimum absolute atomic E-state index is 0.00481. The lowest BCUT2D eigenvalue weighted by molar-refractivity contribution is 0.0801. The first-order valence-corrected chi connectivity index (χ1v) is 6.51. The van der Waals surface area contributed by atoms with Crippen molar-refractivity contribution in [2.24, 2.45) is 17.6 Å². The highest BCUT2D eigenvalue weighted by atomic mass is 16.1. The van der Waals surface area contributed by atoms with Crippen LogP contribution in [0.1, 0.15) is 34.6 Å². The van der Waals surface area contributed by atoms with Gasteiger partial charge in [0.05, 0.1) is 11.8 Å². The van der Waals surface area contributed by atoms with Gasteiger partial charge in [-0.05, 0) is 12.2 Å². The monoisotopic (exact) mass is 255 g/mol. The molecular weight excluding hydrogens is 238 g/mol. The topological polar surface area (TPSA) is 60.2 Å². The molecule has 0 amide bonds. The number of fused-ring (bicyclic) bond motifs is 2. The van der Waals surface area contributed by atoms with E-state index in [2.05, 4.69) is 0 Å². The number of ketones is 2. The molecule has 98 valence electrons. The lowest BCUT2D eigenvalue weighted by Crippen LogP contribution is -2.36. The van der Waals surface area contributed by atoms with Crippen molar-refractivity contribution in [2.45, 2.75) is 13.8 Å². The maximum Gasteiger partial charge on any atom is 0.171 e. The van der Waals surface area contributed by atoms with Crippen molar-refractivity contribution in [3.8, 4) is 0 Å². The van der Waals surface area contributed by atoms with Crippen molar-refractivity contribution in [3.05, 3.63) is 59.3 Å². The highest BCUT2D eigenvalue weighted by molar-refractivity contribution is 6.17. The zero-order chi connectivity index (χ0) is 14.0. The molecule has 2 aliphatic rings. The van der Waals surface area contributed by atoms with Gasteiger partial charge in [0.1, 0.15) is 0 Å². The fourth-order valence-electron chi connectivity index (χ4n) is 2.46. The zero-order valence-electron chi connectivity index (χ0n) is 11.1. The molecule has 2 aliphatic carbocycles. The van der Waals surface area contributed by atoms with Gasteiger partial charge in [-0.15, -0.1) is 0 Å². The van der Waals surface area contributed by atoms with E-state index in [1.54, 1.807) is 42.5 Å². The van der Waals surface area contributed by atoms with Crippen LogP contribution in [0.4, 0.5) is 0 Å². The summed E-state index contributed by atoms with van der Waals surface area (Å²) in [4.78, 5) is 24.5. The van der Waals surface area contributed by atoms with Gasteiger partial charge >= 0.3 is 0 Å². The Balaban J connectivity index is 0.000000637. The molecule has 0 aliphatic heterocycles. The Morgan fingerprint density at radius 3 is 2.05 bits per heavy atom. The van der Waals surface area contributed by atoms with Gasteiger partial charge in [-0.25, -0.2) is 0 Å². The van der Waals surface area contributed by atoms with Gasteiger partial charge in [0.25, 0.3) is 0 Å². The third kappa shape index (κ3) is 2.12. The van der Waals surface area contributed by atoms with E-state index in [9.17, 15) is 9.59 Å². The summed E-state index contributed by atoms with van der Waals surface area (Å²) in [5, 5.41) is 0. The highest BCUT2D eigenvalue weighted by Gasteiger charge is 2.39. The number of hydrogen-bond donors (Lipinski definition) is 1. The first kappa shape index (κ1) is 13.3. The normalized spacial score (nSPS) is 23.8. The van der Waals surface area contributed by atoms with Crippen LogP contribution in [0.3, 0.4) is 0 Å². The molecule has 3 rings (SSSR count). The molecule has 2 atom stereocenters. The second-order valence-electron chi connectivity index (χ2n) is 4.35. The van der Waals surface area contributed by atoms with Gasteiger partial charge in [0.15, 0.2) is 11.6 Å². The number of hydrogen-bond acceptors (Lipinski definition) is 3. The van der Waals surface area contributed by atoms with Crippen molar-refractivity contribution in [1.82, 2.24) is 0 Å². The fourth-order valence-corrected chi connectivity index (χ4v) is 2.46. The number of carbonyl (C=O) groups is 2. The molecular formula is C16H17NO2. The molecule has 0 saturated carbocycles. The molecule has 1 aromatic carbocycles. The van der Waals surface area contributed by atoms with Crippen molar-refractivity contribution in [2.75, 3.05) is 0 Å². The molecule has 3 nitrogen and oxygen atoms in total. The van der Waals surface area contributed by atoms with Gasteiger partial charge < -0.3 is 5.73 Å². The predicted octanol–water partition coefficient (Wildman–Crippen LogP) is 2.74. The molecule has 1 aromatic rings. The van der Waals surface area contributed by atoms with E-state index in [1.807, 2.05) is 13.8 Å². The first-order valence-electron chi connectivity index (χ1n) is 6.51. The summed E-state index contributed by atoms with van der Waals surface area (Å²) in [7, 11) is 0. The Morgan fingerprint density at radius 1 is 0.947 bits per heavy atom. The largest absolute Gasteiger partial charge is 0.399 e. The first-order chi connectivity index (χ1) is 9.18. The number of carbonyl (C=O) groups excluding carboxylic acids is 2. The molecule has 2 unspecified atom stereocenters. The van der Waals surface area contributed by atoms with Crippen LogP contribution >= 0.6 is 0 Å². The van der Waals surface area contributed by atoms with E-state index in [0.29, 0.717) is 16.8 Å². The minimum atomic E-state index is -0.428. The van der Waals surface area contributed by atoms with Crippen LogP contribution in [0, 0.1) is 11.8 Å². The third-order valence-electron chi connectivity index (χ3n) is 3.32. The number of allylic oxidation sites excluding steroid dienone is 3. The average Bonchev–Trinajstić information content (AvgIpc) is 2.47. The quantitative estimate of drug-likeness (QED) is 0.775. The van der Waals surface area contributed by atoms with Crippen molar-refractivity contribution < 1.29 is 9.59 Å². The van der Waals surface area contributed by atoms with E-state index in [4.69, 9.17) is 5.73 Å². The van der Waals surface area contributed by atoms with Crippen LogP contribution in [0.15, 0.2) is 48.2 Å². The van der Waals surface area contributed by atoms with Gasteiger partial charge in [0.2, 0.25) is 0 Å². The van der Waals surface area contributed by atoms with Crippen LogP contribution in [0.2, 0.25) is 0 Å². The van der Waals surface area contributed by atoms with Crippen LogP contribution in [-0.4, -0.2) is 11.6 Å². The average molecular weight is 255 g/mol. The smallest absolute Gasteiger partial charge is 0.171 e. The summed E-state index contributed by atoms with van der Waals surface area (Å²) < 4.78 is 0. The van der Waals surface area contributed by atoms with Crippen molar-refractivity contribution in [3.63, 3.8) is 0 Å². The molecule has 0 heterocycles. The Kier molecular flexibility index (Phi) is 3.65. The number of nitrogens with two attached hydrogens (primary N) is 1. The minimum Gasteiger partial charge on any atom is -0.399 e. The van der Waals surface area contributed by atoms with E-state index in [1.165, 1.54) is 0 Å². The van der Waals surface area contributed by atoms with Gasteiger partial charge in [-0.1, -0.05) is 44.2 Å². The third-order valence-corrected chi connectivity index (χ3v) is 3.32. The Hall–Kier alpha value is -2.16. The second kappa shape index (κ2) is 5.22. The van der Waals surface area contributed by atoms with E-state index in [0.717, 1.165) is 0 Å². The number of benzene rings is 1. The zero-order valence-corrected chi connectivity index (χ0v) is 11.1. The predicted molar refractivity (Wildman–Crippen MR) is 74.8 cm³/mol. The lowest BCUT2D eigenvalue weighted by atomic mass is 9.72. The summed E-state index contributed by atoms with van der Waals surface area (Å²) in [5.41, 5.74) is 7.27. The molecule has 3 heteroatoms. The molecule has 0 saturated heterocycles. The maximum absolute atomic E-state index is 12.3. The summed E-state index contributed by atoms with van der Waals surface area (Å²) >= 11 is 0. The van der Waals surface area contributed by atoms with Gasteiger partial charge in [0, 0.05) is 16.8 Å². The van der Waals surface area contributed by atoms with Crippen LogP contribution in [0.25, 0.3) is 0 Å². The summed E-state index contributed by atoms with van der Waals surface area (Å²) in [6.07, 6.45) is 5.11. The van der Waals surface area contributed by atoms with Gasteiger partial charge in [-0.3, -0.25) is 9.59 Å². The maximum atomic E-state index is 12.3. The lowest BCUT2D eigenvalue weighted by Gasteiger charge is -2.28. The van der Waals surface area contributed by atoms with Crippen molar-refractivity contribution in [1.29, 1.82) is 0 Å². The second-order valence-corrected chi connectivity index (χ2v) is 4.35. The fraction of sp³-hybridized carbons (Fsp3) is 0.250. The highest BCUT2D eigenvalue weighted by Crippen LogP contribution is 2.34. The molecule has 0 radical (unpaired) electrons. The molecule has 0 bridgehead atoms. The van der Waals surface area contributed by atoms with E-state index < -0.39 is 5.92 Å². The summed E-state index contributed by atoms with van der Waals surface area (Å²) in [6, 6.07) is 6.96. The van der Waals surface area contributed by atoms with E-state index >= 15 is 0 Å². The SMILES string of the molecule is CC.NC1=CC2C(=O)c3ccccc3C(=O)C2C=C1. The molecule has 0 spiro atoms. The molecule has 0 aromatic heterocycles. The Bertz CT molecular complexity index is 584. The van der Waals surface area contributed by atoms with E-state index in [-0.39, 0.29) is 17.5 Å². The number of Topliss-reactive ketones (excluding diaryl/α,β-unsaturated/α-hetero) is 2. The van der Waals surface area contributed by atoms with Gasteiger partial charge in [-0.2, -0.15) is 0 Å². The Labute approximate surface area is 112 Å². The van der Waals surface area contributed by atoms with Crippen molar-refractivity contribution >= 4 is 11.6 Å². The molecule has 19 heavy (non-hydrogen) atoms. The molecule has 0 fully saturated rings. The summed E-state index contributed by atoms with van der Waals surface area (Å²) in [5.74, 6) is -0.824. The molecule has 2 N–H and O–H groups in total. The van der Waals surface area contributed by atoms with Crippen LogP contribution in [0.5, 0.6) is 0 Å².